The molecular formula is C13H19N3OS. The smallest absolute Gasteiger partial charge is 0.237 e. The van der Waals surface area contributed by atoms with Gasteiger partial charge in [-0.2, -0.15) is 0 Å². The van der Waals surface area contributed by atoms with Crippen molar-refractivity contribution in [3.8, 4) is 0 Å². The van der Waals surface area contributed by atoms with Gasteiger partial charge in [-0.25, -0.2) is 0 Å². The van der Waals surface area contributed by atoms with Gasteiger partial charge in [0.1, 0.15) is 0 Å². The van der Waals surface area contributed by atoms with E-state index in [1.54, 1.807) is 11.8 Å². The number of thioether (sulfide) groups is 1. The number of benzene rings is 1. The van der Waals surface area contributed by atoms with Gasteiger partial charge in [-0.05, 0) is 37.7 Å². The lowest BCUT2D eigenvalue weighted by Gasteiger charge is -2.29. The molecule has 0 fully saturated rings. The number of fused-ring (bicyclic) bond motifs is 1. The van der Waals surface area contributed by atoms with Gasteiger partial charge in [-0.3, -0.25) is 4.79 Å². The summed E-state index contributed by atoms with van der Waals surface area (Å²) in [6.45, 7) is 2.16. The number of carbonyl (C=O) groups is 1. The van der Waals surface area contributed by atoms with Gasteiger partial charge in [0.25, 0.3) is 0 Å². The van der Waals surface area contributed by atoms with Crippen molar-refractivity contribution in [3.63, 3.8) is 0 Å². The highest BCUT2D eigenvalue weighted by atomic mass is 32.2. The van der Waals surface area contributed by atoms with Crippen LogP contribution in [-0.2, 0) is 11.2 Å². The van der Waals surface area contributed by atoms with Gasteiger partial charge < -0.3 is 16.0 Å². The van der Waals surface area contributed by atoms with Gasteiger partial charge in [0.05, 0.1) is 11.4 Å². The molecule has 18 heavy (non-hydrogen) atoms. The molecule has 0 spiro atoms. The average Bonchev–Trinajstić information content (AvgIpc) is 2.38. The van der Waals surface area contributed by atoms with Crippen molar-refractivity contribution in [1.82, 2.24) is 5.32 Å². The molecular weight excluding hydrogens is 246 g/mol. The molecule has 1 aliphatic rings. The molecule has 0 bridgehead atoms. The van der Waals surface area contributed by atoms with Crippen molar-refractivity contribution in [2.24, 2.45) is 5.73 Å². The lowest BCUT2D eigenvalue weighted by molar-refractivity contribution is -0.116. The van der Waals surface area contributed by atoms with Crippen LogP contribution >= 0.6 is 11.8 Å². The van der Waals surface area contributed by atoms with E-state index in [0.717, 1.165) is 25.2 Å². The molecule has 0 unspecified atom stereocenters. The molecule has 1 aliphatic heterocycles. The number of rotatable bonds is 5. The monoisotopic (exact) mass is 265 g/mol. The number of likely N-dealkylation sites (N-methyl/N-ethyl adjacent to an activating group) is 1. The van der Waals surface area contributed by atoms with E-state index in [2.05, 4.69) is 23.5 Å². The van der Waals surface area contributed by atoms with Crippen molar-refractivity contribution >= 4 is 23.4 Å². The van der Waals surface area contributed by atoms with Crippen LogP contribution in [0.5, 0.6) is 0 Å². The first-order chi connectivity index (χ1) is 8.76. The standard InChI is InChI=1S/C13H19N3OS/c1-15-6-7-16-11-8-10(4-5-14)2-3-12(11)18-9-13(16)17/h2-3,8,15H,4-7,9,14H2,1H3. The molecule has 3 N–H and O–H groups in total. The fourth-order valence-electron chi connectivity index (χ4n) is 2.04. The van der Waals surface area contributed by atoms with Crippen LogP contribution in [0.1, 0.15) is 5.56 Å². The Hall–Kier alpha value is -1.04. The summed E-state index contributed by atoms with van der Waals surface area (Å²) in [6, 6.07) is 6.30. The number of carbonyl (C=O) groups excluding carboxylic acids is 1. The van der Waals surface area contributed by atoms with E-state index in [1.165, 1.54) is 10.5 Å². The summed E-state index contributed by atoms with van der Waals surface area (Å²) in [4.78, 5) is 15.0. The predicted octanol–water partition coefficient (Wildman–Crippen LogP) is 0.846. The Morgan fingerprint density at radius 3 is 3.06 bits per heavy atom. The maximum absolute atomic E-state index is 12.0. The zero-order valence-corrected chi connectivity index (χ0v) is 11.4. The Kier molecular flexibility index (Phi) is 4.63. The van der Waals surface area contributed by atoms with Crippen LogP contribution in [0.3, 0.4) is 0 Å². The Bertz CT molecular complexity index is 436. The van der Waals surface area contributed by atoms with Crippen molar-refractivity contribution in [2.45, 2.75) is 11.3 Å². The molecule has 0 saturated heterocycles. The van der Waals surface area contributed by atoms with E-state index in [9.17, 15) is 4.79 Å². The number of hydrogen-bond acceptors (Lipinski definition) is 4. The lowest BCUT2D eigenvalue weighted by atomic mass is 10.1. The van der Waals surface area contributed by atoms with Crippen LogP contribution in [0.4, 0.5) is 5.69 Å². The van der Waals surface area contributed by atoms with Gasteiger partial charge in [0, 0.05) is 18.0 Å². The Labute approximate surface area is 112 Å². The summed E-state index contributed by atoms with van der Waals surface area (Å²) < 4.78 is 0. The quantitative estimate of drug-likeness (QED) is 0.828. The minimum Gasteiger partial charge on any atom is -0.330 e. The molecule has 2 rings (SSSR count). The second kappa shape index (κ2) is 6.22. The zero-order valence-electron chi connectivity index (χ0n) is 10.6. The molecule has 0 radical (unpaired) electrons. The van der Waals surface area contributed by atoms with Gasteiger partial charge in [-0.15, -0.1) is 11.8 Å². The lowest BCUT2D eigenvalue weighted by Crippen LogP contribution is -2.39. The van der Waals surface area contributed by atoms with Gasteiger partial charge >= 0.3 is 0 Å². The van der Waals surface area contributed by atoms with Crippen LogP contribution in [0.25, 0.3) is 0 Å². The molecule has 1 heterocycles. The number of amides is 1. The second-order valence-electron chi connectivity index (χ2n) is 4.28. The molecule has 1 aromatic rings. The predicted molar refractivity (Wildman–Crippen MR) is 76.2 cm³/mol. The van der Waals surface area contributed by atoms with Gasteiger partial charge in [0.15, 0.2) is 0 Å². The van der Waals surface area contributed by atoms with Gasteiger partial charge in [0.2, 0.25) is 5.91 Å². The topological polar surface area (TPSA) is 58.4 Å². The highest BCUT2D eigenvalue weighted by Crippen LogP contribution is 2.35. The first kappa shape index (κ1) is 13.4. The number of nitrogens with one attached hydrogen (secondary N) is 1. The highest BCUT2D eigenvalue weighted by molar-refractivity contribution is 8.00. The minimum atomic E-state index is 0.188. The molecule has 1 aromatic carbocycles. The normalized spacial score (nSPS) is 14.8. The fourth-order valence-corrected chi connectivity index (χ4v) is 2.95. The van der Waals surface area contributed by atoms with E-state index < -0.39 is 0 Å². The Morgan fingerprint density at radius 1 is 1.50 bits per heavy atom. The molecule has 4 nitrogen and oxygen atoms in total. The maximum Gasteiger partial charge on any atom is 0.237 e. The summed E-state index contributed by atoms with van der Waals surface area (Å²) in [5.74, 6) is 0.722. The number of hydrogen-bond donors (Lipinski definition) is 2. The summed E-state index contributed by atoms with van der Waals surface area (Å²) >= 11 is 1.62. The van der Waals surface area contributed by atoms with Crippen LogP contribution in [0.2, 0.25) is 0 Å². The number of nitrogens with zero attached hydrogens (tertiary/aromatic N) is 1. The maximum atomic E-state index is 12.0. The van der Waals surface area contributed by atoms with Crippen molar-refractivity contribution in [3.05, 3.63) is 23.8 Å². The second-order valence-corrected chi connectivity index (χ2v) is 5.30. The molecule has 1 amide bonds. The molecule has 0 aromatic heterocycles. The van der Waals surface area contributed by atoms with E-state index in [-0.39, 0.29) is 5.91 Å². The summed E-state index contributed by atoms with van der Waals surface area (Å²) in [5, 5.41) is 3.09. The molecule has 0 aliphatic carbocycles. The van der Waals surface area contributed by atoms with Crippen LogP contribution < -0.4 is 16.0 Å². The number of anilines is 1. The first-order valence-electron chi connectivity index (χ1n) is 6.17. The minimum absolute atomic E-state index is 0.188. The summed E-state index contributed by atoms with van der Waals surface area (Å²) in [7, 11) is 1.90. The molecule has 0 atom stereocenters. The van der Waals surface area contributed by atoms with E-state index in [4.69, 9.17) is 5.73 Å². The third kappa shape index (κ3) is 2.85. The third-order valence-electron chi connectivity index (χ3n) is 2.98. The molecule has 98 valence electrons. The molecule has 0 saturated carbocycles. The largest absolute Gasteiger partial charge is 0.330 e. The van der Waals surface area contributed by atoms with Crippen molar-refractivity contribution in [1.29, 1.82) is 0 Å². The average molecular weight is 265 g/mol. The van der Waals surface area contributed by atoms with E-state index in [1.807, 2.05) is 11.9 Å². The Morgan fingerprint density at radius 2 is 2.33 bits per heavy atom. The summed E-state index contributed by atoms with van der Waals surface area (Å²) in [6.07, 6.45) is 0.853. The van der Waals surface area contributed by atoms with Crippen LogP contribution in [0, 0.1) is 0 Å². The van der Waals surface area contributed by atoms with Crippen LogP contribution in [0.15, 0.2) is 23.1 Å². The van der Waals surface area contributed by atoms with Crippen LogP contribution in [-0.4, -0.2) is 38.3 Å². The summed E-state index contributed by atoms with van der Waals surface area (Å²) in [5.41, 5.74) is 7.82. The number of nitrogens with two attached hydrogens (primary N) is 1. The van der Waals surface area contributed by atoms with Crippen molar-refractivity contribution < 1.29 is 4.79 Å². The van der Waals surface area contributed by atoms with E-state index in [0.29, 0.717) is 12.3 Å². The molecule has 5 heteroatoms. The Balaban J connectivity index is 2.27. The highest BCUT2D eigenvalue weighted by Gasteiger charge is 2.24. The van der Waals surface area contributed by atoms with E-state index >= 15 is 0 Å². The third-order valence-corrected chi connectivity index (χ3v) is 4.03. The SMILES string of the molecule is CNCCN1C(=O)CSc2ccc(CCN)cc21. The first-order valence-corrected chi connectivity index (χ1v) is 7.15. The van der Waals surface area contributed by atoms with Crippen molar-refractivity contribution in [2.75, 3.05) is 37.3 Å². The zero-order chi connectivity index (χ0) is 13.0. The van der Waals surface area contributed by atoms with Gasteiger partial charge in [-0.1, -0.05) is 6.07 Å². The fraction of sp³-hybridized carbons (Fsp3) is 0.462.